The van der Waals surface area contributed by atoms with Gasteiger partial charge >= 0.3 is 6.18 Å². The van der Waals surface area contributed by atoms with Crippen molar-refractivity contribution in [3.8, 4) is 0 Å². The van der Waals surface area contributed by atoms with Crippen LogP contribution in [-0.4, -0.2) is 48.1 Å². The second-order valence-electron chi connectivity index (χ2n) is 4.62. The van der Waals surface area contributed by atoms with E-state index in [-0.39, 0.29) is 5.82 Å². The Balaban J connectivity index is 3.02. The number of hydrogen-bond donors (Lipinski definition) is 1. The van der Waals surface area contributed by atoms with E-state index in [0.29, 0.717) is 6.61 Å². The number of nitrogens with zero attached hydrogens (tertiary/aromatic N) is 3. The summed E-state index contributed by atoms with van der Waals surface area (Å²) in [6.07, 6.45) is -3.98. The standard InChI is InChI=1S/C14H20F3N3O2/c1-5-19(3)13(22-6-2)12(21)20(4)11-9-10(7-8-18-11)14(15,16)17/h5,7-9,12-13,21H,1,6H2,2-4H3. The molecule has 2 atom stereocenters. The van der Waals surface area contributed by atoms with Crippen molar-refractivity contribution in [3.63, 3.8) is 0 Å². The summed E-state index contributed by atoms with van der Waals surface area (Å²) in [5.74, 6) is -0.00973. The van der Waals surface area contributed by atoms with E-state index in [1.807, 2.05) is 0 Å². The monoisotopic (exact) mass is 319 g/mol. The predicted molar refractivity (Wildman–Crippen MR) is 77.0 cm³/mol. The lowest BCUT2D eigenvalue weighted by atomic mass is 10.2. The van der Waals surface area contributed by atoms with Crippen LogP contribution < -0.4 is 4.90 Å². The summed E-state index contributed by atoms with van der Waals surface area (Å²) in [6.45, 7) is 5.65. The normalized spacial score (nSPS) is 14.3. The molecule has 0 radical (unpaired) electrons. The summed E-state index contributed by atoms with van der Waals surface area (Å²) in [5, 5.41) is 10.3. The Labute approximate surface area is 127 Å². The molecule has 0 aromatic carbocycles. The first-order valence-electron chi connectivity index (χ1n) is 6.62. The number of halogens is 3. The van der Waals surface area contributed by atoms with Crippen molar-refractivity contribution < 1.29 is 23.0 Å². The molecule has 0 saturated heterocycles. The van der Waals surface area contributed by atoms with Crippen LogP contribution in [0.25, 0.3) is 0 Å². The summed E-state index contributed by atoms with van der Waals surface area (Å²) in [6, 6.07) is 1.75. The maximum absolute atomic E-state index is 12.7. The average Bonchev–Trinajstić information content (AvgIpc) is 2.49. The largest absolute Gasteiger partial charge is 0.416 e. The first-order chi connectivity index (χ1) is 10.2. The number of pyridine rings is 1. The molecule has 0 spiro atoms. The minimum Gasteiger partial charge on any atom is -0.369 e. The number of aromatic nitrogens is 1. The summed E-state index contributed by atoms with van der Waals surface area (Å²) in [5.41, 5.74) is -0.832. The van der Waals surface area contributed by atoms with Gasteiger partial charge < -0.3 is 19.6 Å². The highest BCUT2D eigenvalue weighted by Crippen LogP contribution is 2.31. The van der Waals surface area contributed by atoms with Crippen molar-refractivity contribution in [1.82, 2.24) is 9.88 Å². The Kier molecular flexibility index (Phi) is 6.19. The zero-order valence-electron chi connectivity index (χ0n) is 12.7. The minimum atomic E-state index is -4.47. The molecule has 2 unspecified atom stereocenters. The summed E-state index contributed by atoms with van der Waals surface area (Å²) >= 11 is 0. The Bertz CT molecular complexity index is 496. The summed E-state index contributed by atoms with van der Waals surface area (Å²) < 4.78 is 43.6. The van der Waals surface area contributed by atoms with Crippen LogP contribution >= 0.6 is 0 Å². The van der Waals surface area contributed by atoms with Gasteiger partial charge in [-0.05, 0) is 25.3 Å². The number of aliphatic hydroxyl groups excluding tert-OH is 1. The van der Waals surface area contributed by atoms with Crippen LogP contribution in [0.1, 0.15) is 12.5 Å². The molecular formula is C14H20F3N3O2. The second-order valence-corrected chi connectivity index (χ2v) is 4.62. The average molecular weight is 319 g/mol. The van der Waals surface area contributed by atoms with Crippen molar-refractivity contribution in [2.45, 2.75) is 25.6 Å². The van der Waals surface area contributed by atoms with E-state index in [4.69, 9.17) is 4.74 Å². The highest BCUT2D eigenvalue weighted by molar-refractivity contribution is 5.41. The number of hydrogen-bond acceptors (Lipinski definition) is 5. The molecule has 8 heteroatoms. The predicted octanol–water partition coefficient (Wildman–Crippen LogP) is 2.29. The zero-order valence-corrected chi connectivity index (χ0v) is 12.7. The van der Waals surface area contributed by atoms with E-state index in [1.165, 1.54) is 23.0 Å². The van der Waals surface area contributed by atoms with Crippen LogP contribution in [0.3, 0.4) is 0 Å². The molecule has 0 aliphatic heterocycles. The van der Waals surface area contributed by atoms with Crippen molar-refractivity contribution in [2.24, 2.45) is 0 Å². The molecule has 1 heterocycles. The molecule has 0 aliphatic carbocycles. The summed E-state index contributed by atoms with van der Waals surface area (Å²) in [4.78, 5) is 6.61. The molecule has 0 saturated carbocycles. The SMILES string of the molecule is C=CN(C)C(OCC)C(O)N(C)c1cc(C(F)(F)F)ccn1. The van der Waals surface area contributed by atoms with Gasteiger partial charge in [-0.3, -0.25) is 0 Å². The third-order valence-electron chi connectivity index (χ3n) is 3.11. The Morgan fingerprint density at radius 3 is 2.59 bits per heavy atom. The molecule has 0 bridgehead atoms. The van der Waals surface area contributed by atoms with Gasteiger partial charge in [0.15, 0.2) is 12.5 Å². The zero-order chi connectivity index (χ0) is 16.9. The fourth-order valence-corrected chi connectivity index (χ4v) is 1.80. The van der Waals surface area contributed by atoms with Crippen LogP contribution in [0, 0.1) is 0 Å². The quantitative estimate of drug-likeness (QED) is 0.782. The van der Waals surface area contributed by atoms with Gasteiger partial charge in [-0.1, -0.05) is 6.58 Å². The molecule has 0 fully saturated rings. The fraction of sp³-hybridized carbons (Fsp3) is 0.500. The second kappa shape index (κ2) is 7.46. The minimum absolute atomic E-state index is 0.00973. The molecule has 1 rings (SSSR count). The van der Waals surface area contributed by atoms with Crippen molar-refractivity contribution in [2.75, 3.05) is 25.6 Å². The first-order valence-corrected chi connectivity index (χ1v) is 6.62. The third-order valence-corrected chi connectivity index (χ3v) is 3.11. The molecule has 0 aliphatic rings. The summed E-state index contributed by atoms with van der Waals surface area (Å²) in [7, 11) is 3.08. The van der Waals surface area contributed by atoms with Crippen LogP contribution in [0.15, 0.2) is 31.1 Å². The van der Waals surface area contributed by atoms with Gasteiger partial charge in [0, 0.05) is 26.9 Å². The van der Waals surface area contributed by atoms with Gasteiger partial charge in [-0.2, -0.15) is 13.2 Å². The van der Waals surface area contributed by atoms with E-state index in [0.717, 1.165) is 18.3 Å². The Hall–Kier alpha value is -1.80. The topological polar surface area (TPSA) is 48.8 Å². The maximum Gasteiger partial charge on any atom is 0.416 e. The lowest BCUT2D eigenvalue weighted by molar-refractivity contribution is -0.137. The lowest BCUT2D eigenvalue weighted by Gasteiger charge is -2.35. The number of ether oxygens (including phenoxy) is 1. The smallest absolute Gasteiger partial charge is 0.369 e. The Morgan fingerprint density at radius 2 is 2.09 bits per heavy atom. The maximum atomic E-state index is 12.7. The molecule has 1 aromatic rings. The van der Waals surface area contributed by atoms with Gasteiger partial charge in [0.1, 0.15) is 5.82 Å². The van der Waals surface area contributed by atoms with Crippen LogP contribution in [-0.2, 0) is 10.9 Å². The van der Waals surface area contributed by atoms with Crippen LogP contribution in [0.4, 0.5) is 19.0 Å². The lowest BCUT2D eigenvalue weighted by Crippen LogP contribution is -2.49. The molecule has 22 heavy (non-hydrogen) atoms. The highest BCUT2D eigenvalue weighted by Gasteiger charge is 2.32. The molecule has 5 nitrogen and oxygen atoms in total. The van der Waals surface area contributed by atoms with Gasteiger partial charge in [-0.25, -0.2) is 4.98 Å². The van der Waals surface area contributed by atoms with Crippen molar-refractivity contribution in [1.29, 1.82) is 0 Å². The fourth-order valence-electron chi connectivity index (χ4n) is 1.80. The third kappa shape index (κ3) is 4.35. The molecule has 124 valence electrons. The van der Waals surface area contributed by atoms with Gasteiger partial charge in [0.25, 0.3) is 0 Å². The van der Waals surface area contributed by atoms with Gasteiger partial charge in [0.05, 0.1) is 5.56 Å². The number of rotatable bonds is 7. The van der Waals surface area contributed by atoms with Crippen LogP contribution in [0.2, 0.25) is 0 Å². The van der Waals surface area contributed by atoms with Crippen molar-refractivity contribution in [3.05, 3.63) is 36.7 Å². The van der Waals surface area contributed by atoms with Gasteiger partial charge in [0.2, 0.25) is 0 Å². The van der Waals surface area contributed by atoms with Gasteiger partial charge in [-0.15, -0.1) is 0 Å². The Morgan fingerprint density at radius 1 is 1.45 bits per heavy atom. The molecule has 1 N–H and O–H groups in total. The van der Waals surface area contributed by atoms with Crippen molar-refractivity contribution >= 4 is 5.82 Å². The first kappa shape index (κ1) is 18.2. The van der Waals surface area contributed by atoms with E-state index >= 15 is 0 Å². The molecular weight excluding hydrogens is 299 g/mol. The van der Waals surface area contributed by atoms with E-state index in [2.05, 4.69) is 11.6 Å². The molecule has 0 amide bonds. The van der Waals surface area contributed by atoms with Crippen LogP contribution in [0.5, 0.6) is 0 Å². The number of anilines is 1. The number of likely N-dealkylation sites (N-methyl/N-ethyl adjacent to an activating group) is 2. The number of aliphatic hydroxyl groups is 1. The van der Waals surface area contributed by atoms with E-state index in [1.54, 1.807) is 14.0 Å². The van der Waals surface area contributed by atoms with E-state index in [9.17, 15) is 18.3 Å². The number of alkyl halides is 3. The highest BCUT2D eigenvalue weighted by atomic mass is 19.4. The van der Waals surface area contributed by atoms with E-state index < -0.39 is 24.2 Å². The molecule has 1 aromatic heterocycles.